The van der Waals surface area contributed by atoms with Crippen molar-refractivity contribution >= 4 is 12.0 Å². The smallest absolute Gasteiger partial charge is 0.325 e. The fraction of sp³-hybridized carbons (Fsp3) is 0.800. The van der Waals surface area contributed by atoms with E-state index in [1.54, 1.807) is 11.9 Å². The third-order valence-corrected chi connectivity index (χ3v) is 2.81. The molecule has 0 aromatic heterocycles. The molecule has 1 unspecified atom stereocenters. The molecule has 15 heavy (non-hydrogen) atoms. The molecule has 1 saturated carbocycles. The second-order valence-corrected chi connectivity index (χ2v) is 4.19. The normalized spacial score (nSPS) is 17.7. The van der Waals surface area contributed by atoms with Crippen molar-refractivity contribution in [2.24, 2.45) is 5.92 Å². The molecule has 86 valence electrons. The predicted octanol–water partition coefficient (Wildman–Crippen LogP) is 0.901. The van der Waals surface area contributed by atoms with Crippen LogP contribution < -0.4 is 5.32 Å². The molecule has 0 aliphatic heterocycles. The first-order chi connectivity index (χ1) is 7.00. The van der Waals surface area contributed by atoms with Crippen molar-refractivity contribution in [3.63, 3.8) is 0 Å². The summed E-state index contributed by atoms with van der Waals surface area (Å²) in [4.78, 5) is 23.6. The van der Waals surface area contributed by atoms with Crippen molar-refractivity contribution < 1.29 is 14.7 Å². The highest BCUT2D eigenvalue weighted by Crippen LogP contribution is 2.26. The van der Waals surface area contributed by atoms with Crippen molar-refractivity contribution in [1.29, 1.82) is 0 Å². The molecular formula is C10H18N2O3. The summed E-state index contributed by atoms with van der Waals surface area (Å²) in [5, 5.41) is 11.0. The lowest BCUT2D eigenvalue weighted by Crippen LogP contribution is -2.46. The van der Waals surface area contributed by atoms with Crippen LogP contribution in [-0.2, 0) is 4.79 Å². The number of carbonyl (C=O) groups is 2. The van der Waals surface area contributed by atoms with Crippen LogP contribution in [0, 0.1) is 5.92 Å². The third kappa shape index (κ3) is 3.42. The fourth-order valence-electron chi connectivity index (χ4n) is 1.50. The summed E-state index contributed by atoms with van der Waals surface area (Å²) in [6, 6.07) is -1.14. The molecule has 1 atom stereocenters. The van der Waals surface area contributed by atoms with E-state index in [9.17, 15) is 9.59 Å². The minimum atomic E-state index is -1.01. The Bertz CT molecular complexity index is 251. The van der Waals surface area contributed by atoms with Gasteiger partial charge in [0.15, 0.2) is 0 Å². The summed E-state index contributed by atoms with van der Waals surface area (Å²) in [5.74, 6) is -0.415. The number of amides is 2. The first kappa shape index (κ1) is 11.8. The van der Waals surface area contributed by atoms with Crippen molar-refractivity contribution in [2.75, 3.05) is 13.6 Å². The first-order valence-electron chi connectivity index (χ1n) is 5.25. The van der Waals surface area contributed by atoms with Crippen LogP contribution in [0.1, 0.15) is 26.2 Å². The number of carboxylic acid groups (broad SMARTS) is 1. The van der Waals surface area contributed by atoms with E-state index in [-0.39, 0.29) is 6.03 Å². The molecule has 0 heterocycles. The molecule has 2 amide bonds. The lowest BCUT2D eigenvalue weighted by Gasteiger charge is -2.30. The number of nitrogens with one attached hydrogen (secondary N) is 1. The molecule has 0 aromatic carbocycles. The quantitative estimate of drug-likeness (QED) is 0.730. The summed E-state index contributed by atoms with van der Waals surface area (Å²) in [5.41, 5.74) is 0. The van der Waals surface area contributed by atoms with Crippen LogP contribution in [0.4, 0.5) is 4.79 Å². The molecular weight excluding hydrogens is 196 g/mol. The summed E-state index contributed by atoms with van der Waals surface area (Å²) >= 11 is 0. The Morgan fingerprint density at radius 1 is 1.53 bits per heavy atom. The molecule has 5 nitrogen and oxygen atoms in total. The van der Waals surface area contributed by atoms with Crippen LogP contribution in [0.3, 0.4) is 0 Å². The zero-order valence-corrected chi connectivity index (χ0v) is 9.19. The molecule has 0 radical (unpaired) electrons. The molecule has 1 aliphatic rings. The lowest BCUT2D eigenvalue weighted by molar-refractivity contribution is -0.138. The number of carboxylic acids is 1. The van der Waals surface area contributed by atoms with Crippen molar-refractivity contribution in [3.8, 4) is 0 Å². The fourth-order valence-corrected chi connectivity index (χ4v) is 1.50. The van der Waals surface area contributed by atoms with Gasteiger partial charge in [-0.15, -0.1) is 0 Å². The van der Waals surface area contributed by atoms with Gasteiger partial charge in [-0.1, -0.05) is 6.42 Å². The Labute approximate surface area is 89.4 Å². The molecule has 2 N–H and O–H groups in total. The summed E-state index contributed by atoms with van der Waals surface area (Å²) in [6.07, 6.45) is 3.59. The maximum absolute atomic E-state index is 11.5. The maximum atomic E-state index is 11.5. The second kappa shape index (κ2) is 5.00. The second-order valence-electron chi connectivity index (χ2n) is 4.19. The summed E-state index contributed by atoms with van der Waals surface area (Å²) in [7, 11) is 1.70. The van der Waals surface area contributed by atoms with E-state index in [1.165, 1.54) is 26.2 Å². The van der Waals surface area contributed by atoms with Crippen LogP contribution in [-0.4, -0.2) is 41.6 Å². The van der Waals surface area contributed by atoms with Gasteiger partial charge in [-0.05, 0) is 25.7 Å². The topological polar surface area (TPSA) is 69.6 Å². The van der Waals surface area contributed by atoms with Gasteiger partial charge in [-0.3, -0.25) is 4.79 Å². The van der Waals surface area contributed by atoms with Crippen molar-refractivity contribution in [1.82, 2.24) is 10.2 Å². The van der Waals surface area contributed by atoms with Gasteiger partial charge in [-0.25, -0.2) is 4.79 Å². The molecule has 0 saturated heterocycles. The largest absolute Gasteiger partial charge is 0.480 e. The molecule has 0 bridgehead atoms. The Balaban J connectivity index is 2.28. The van der Waals surface area contributed by atoms with E-state index in [0.717, 1.165) is 6.54 Å². The van der Waals surface area contributed by atoms with E-state index in [1.807, 2.05) is 0 Å². The summed E-state index contributed by atoms with van der Waals surface area (Å²) < 4.78 is 0. The van der Waals surface area contributed by atoms with Crippen LogP contribution in [0.2, 0.25) is 0 Å². The van der Waals surface area contributed by atoms with E-state index < -0.39 is 12.0 Å². The van der Waals surface area contributed by atoms with Crippen LogP contribution >= 0.6 is 0 Å². The number of nitrogens with zero attached hydrogens (tertiary/aromatic N) is 1. The van der Waals surface area contributed by atoms with Gasteiger partial charge in [-0.2, -0.15) is 0 Å². The van der Waals surface area contributed by atoms with Crippen molar-refractivity contribution in [2.45, 2.75) is 32.2 Å². The Kier molecular flexibility index (Phi) is 3.94. The highest BCUT2D eigenvalue weighted by atomic mass is 16.4. The SMILES string of the molecule is CC(NC(=O)N(C)CC1CCC1)C(=O)O. The number of carbonyl (C=O) groups excluding carboxylic acids is 1. The molecule has 0 aromatic rings. The van der Waals surface area contributed by atoms with E-state index in [2.05, 4.69) is 5.32 Å². The van der Waals surface area contributed by atoms with Gasteiger partial charge < -0.3 is 15.3 Å². The zero-order chi connectivity index (χ0) is 11.4. The monoisotopic (exact) mass is 214 g/mol. The van der Waals surface area contributed by atoms with Crippen LogP contribution in [0.15, 0.2) is 0 Å². The molecule has 1 fully saturated rings. The zero-order valence-electron chi connectivity index (χ0n) is 9.19. The number of aliphatic carboxylic acids is 1. The van der Waals surface area contributed by atoms with Gasteiger partial charge in [0.05, 0.1) is 0 Å². The lowest BCUT2D eigenvalue weighted by atomic mass is 9.85. The van der Waals surface area contributed by atoms with Gasteiger partial charge in [0, 0.05) is 13.6 Å². The van der Waals surface area contributed by atoms with Gasteiger partial charge in [0.1, 0.15) is 6.04 Å². The average molecular weight is 214 g/mol. The highest BCUT2D eigenvalue weighted by Gasteiger charge is 2.22. The Morgan fingerprint density at radius 3 is 2.53 bits per heavy atom. The average Bonchev–Trinajstić information content (AvgIpc) is 2.10. The number of rotatable bonds is 4. The van der Waals surface area contributed by atoms with E-state index in [0.29, 0.717) is 5.92 Å². The van der Waals surface area contributed by atoms with Crippen molar-refractivity contribution in [3.05, 3.63) is 0 Å². The van der Waals surface area contributed by atoms with Crippen LogP contribution in [0.25, 0.3) is 0 Å². The number of urea groups is 1. The van der Waals surface area contributed by atoms with Gasteiger partial charge in [0.25, 0.3) is 0 Å². The molecule has 0 spiro atoms. The minimum absolute atomic E-state index is 0.309. The Hall–Kier alpha value is -1.26. The molecule has 1 rings (SSSR count). The number of hydrogen-bond donors (Lipinski definition) is 2. The number of hydrogen-bond acceptors (Lipinski definition) is 2. The highest BCUT2D eigenvalue weighted by molar-refractivity contribution is 5.82. The van der Waals surface area contributed by atoms with E-state index in [4.69, 9.17) is 5.11 Å². The van der Waals surface area contributed by atoms with Crippen LogP contribution in [0.5, 0.6) is 0 Å². The predicted molar refractivity (Wildman–Crippen MR) is 55.6 cm³/mol. The van der Waals surface area contributed by atoms with E-state index >= 15 is 0 Å². The standard InChI is InChI=1S/C10H18N2O3/c1-7(9(13)14)11-10(15)12(2)6-8-4-3-5-8/h7-8H,3-6H2,1-2H3,(H,11,15)(H,13,14). The minimum Gasteiger partial charge on any atom is -0.480 e. The maximum Gasteiger partial charge on any atom is 0.325 e. The third-order valence-electron chi connectivity index (χ3n) is 2.81. The first-order valence-corrected chi connectivity index (χ1v) is 5.25. The molecule has 1 aliphatic carbocycles. The van der Waals surface area contributed by atoms with Gasteiger partial charge in [0.2, 0.25) is 0 Å². The Morgan fingerprint density at radius 2 is 2.13 bits per heavy atom. The van der Waals surface area contributed by atoms with Gasteiger partial charge >= 0.3 is 12.0 Å². The molecule has 5 heteroatoms. The summed E-state index contributed by atoms with van der Waals surface area (Å²) in [6.45, 7) is 2.18.